The molecule has 1 N–H and O–H groups in total. The number of benzene rings is 1. The number of nitrogens with zero attached hydrogens (tertiary/aromatic N) is 2. The van der Waals surface area contributed by atoms with Gasteiger partial charge < -0.3 is 10.2 Å². The molecular formula is C14H21N3O. The molecule has 1 aromatic rings. The molecule has 18 heavy (non-hydrogen) atoms. The van der Waals surface area contributed by atoms with E-state index in [-0.39, 0.29) is 5.91 Å². The van der Waals surface area contributed by atoms with Gasteiger partial charge in [0.05, 0.1) is 6.54 Å². The van der Waals surface area contributed by atoms with Crippen LogP contribution in [0.3, 0.4) is 0 Å². The van der Waals surface area contributed by atoms with E-state index in [1.165, 1.54) is 11.3 Å². The van der Waals surface area contributed by atoms with Crippen molar-refractivity contribution in [3.63, 3.8) is 0 Å². The number of rotatable bonds is 3. The number of amides is 1. The van der Waals surface area contributed by atoms with E-state index in [1.807, 2.05) is 0 Å². The molecule has 1 aromatic carbocycles. The third kappa shape index (κ3) is 3.23. The van der Waals surface area contributed by atoms with Crippen molar-refractivity contribution in [1.82, 2.24) is 10.2 Å². The third-order valence-corrected chi connectivity index (χ3v) is 3.39. The first-order valence-corrected chi connectivity index (χ1v) is 6.43. The highest BCUT2D eigenvalue weighted by molar-refractivity contribution is 5.77. The third-order valence-electron chi connectivity index (χ3n) is 3.39. The van der Waals surface area contributed by atoms with Crippen LogP contribution in [0.1, 0.15) is 5.56 Å². The van der Waals surface area contributed by atoms with E-state index in [0.29, 0.717) is 6.54 Å². The molecule has 0 aliphatic carbocycles. The van der Waals surface area contributed by atoms with Gasteiger partial charge in [0.2, 0.25) is 5.91 Å². The van der Waals surface area contributed by atoms with Crippen LogP contribution in [0.5, 0.6) is 0 Å². The van der Waals surface area contributed by atoms with Crippen LogP contribution in [0, 0.1) is 6.92 Å². The van der Waals surface area contributed by atoms with Gasteiger partial charge in [-0.3, -0.25) is 9.69 Å². The van der Waals surface area contributed by atoms with Crippen molar-refractivity contribution < 1.29 is 4.79 Å². The molecule has 0 saturated carbocycles. The molecule has 0 radical (unpaired) electrons. The van der Waals surface area contributed by atoms with E-state index >= 15 is 0 Å². The largest absolute Gasteiger partial charge is 0.369 e. The second kappa shape index (κ2) is 5.87. The highest BCUT2D eigenvalue weighted by Crippen LogP contribution is 2.17. The summed E-state index contributed by atoms with van der Waals surface area (Å²) in [6.07, 6.45) is 0. The second-order valence-corrected chi connectivity index (χ2v) is 4.78. The van der Waals surface area contributed by atoms with Gasteiger partial charge in [-0.2, -0.15) is 0 Å². The topological polar surface area (TPSA) is 35.6 Å². The number of likely N-dealkylation sites (N-methyl/N-ethyl adjacent to an activating group) is 1. The molecule has 1 saturated heterocycles. The first kappa shape index (κ1) is 12.9. The van der Waals surface area contributed by atoms with Gasteiger partial charge in [0, 0.05) is 38.9 Å². The Bertz CT molecular complexity index is 411. The van der Waals surface area contributed by atoms with Crippen molar-refractivity contribution in [2.75, 3.05) is 44.7 Å². The van der Waals surface area contributed by atoms with Gasteiger partial charge in [0.1, 0.15) is 0 Å². The van der Waals surface area contributed by atoms with Crippen molar-refractivity contribution in [3.05, 3.63) is 29.8 Å². The molecule has 0 spiro atoms. The minimum Gasteiger partial charge on any atom is -0.369 e. The van der Waals surface area contributed by atoms with Crippen LogP contribution in [0.4, 0.5) is 5.69 Å². The summed E-state index contributed by atoms with van der Waals surface area (Å²) in [7, 11) is 1.69. The molecule has 4 nitrogen and oxygen atoms in total. The lowest BCUT2D eigenvalue weighted by atomic mass is 10.2. The van der Waals surface area contributed by atoms with Crippen LogP contribution in [-0.4, -0.2) is 50.6 Å². The predicted octanol–water partition coefficient (Wildman–Crippen LogP) is 0.863. The fraction of sp³-hybridized carbons (Fsp3) is 0.500. The average Bonchev–Trinajstić information content (AvgIpc) is 2.39. The minimum absolute atomic E-state index is 0.0963. The number of anilines is 1. The van der Waals surface area contributed by atoms with E-state index in [9.17, 15) is 4.79 Å². The number of hydrogen-bond acceptors (Lipinski definition) is 3. The fourth-order valence-corrected chi connectivity index (χ4v) is 2.27. The van der Waals surface area contributed by atoms with Gasteiger partial charge >= 0.3 is 0 Å². The number of piperazine rings is 1. The Hall–Kier alpha value is -1.55. The Kier molecular flexibility index (Phi) is 4.20. The molecule has 1 aliphatic heterocycles. The average molecular weight is 247 g/mol. The molecule has 1 heterocycles. The highest BCUT2D eigenvalue weighted by Gasteiger charge is 2.18. The molecule has 0 aromatic heterocycles. The number of hydrogen-bond donors (Lipinski definition) is 1. The zero-order chi connectivity index (χ0) is 13.0. The highest BCUT2D eigenvalue weighted by atomic mass is 16.1. The van der Waals surface area contributed by atoms with E-state index in [0.717, 1.165) is 26.2 Å². The lowest BCUT2D eigenvalue weighted by molar-refractivity contribution is -0.121. The van der Waals surface area contributed by atoms with Gasteiger partial charge in [0.15, 0.2) is 0 Å². The molecule has 1 aliphatic rings. The second-order valence-electron chi connectivity index (χ2n) is 4.78. The van der Waals surface area contributed by atoms with Crippen molar-refractivity contribution in [2.45, 2.75) is 6.92 Å². The first-order valence-electron chi connectivity index (χ1n) is 6.43. The van der Waals surface area contributed by atoms with Crippen LogP contribution in [0.2, 0.25) is 0 Å². The quantitative estimate of drug-likeness (QED) is 0.860. The number of carbonyl (C=O) groups excluding carboxylic acids is 1. The normalized spacial score (nSPS) is 16.7. The molecule has 98 valence electrons. The van der Waals surface area contributed by atoms with Gasteiger partial charge in [0.25, 0.3) is 0 Å². The van der Waals surface area contributed by atoms with E-state index < -0.39 is 0 Å². The monoisotopic (exact) mass is 247 g/mol. The molecule has 0 bridgehead atoms. The van der Waals surface area contributed by atoms with E-state index in [1.54, 1.807) is 7.05 Å². The van der Waals surface area contributed by atoms with Crippen molar-refractivity contribution >= 4 is 11.6 Å². The molecule has 0 unspecified atom stereocenters. The summed E-state index contributed by atoms with van der Waals surface area (Å²) >= 11 is 0. The predicted molar refractivity (Wildman–Crippen MR) is 73.9 cm³/mol. The molecule has 1 fully saturated rings. The molecule has 2 rings (SSSR count). The first-order chi connectivity index (χ1) is 8.69. The standard InChI is InChI=1S/C14H21N3O/c1-12-4-3-5-13(10-12)17-8-6-16(7-9-17)11-14(18)15-2/h3-5,10H,6-9,11H2,1-2H3,(H,15,18). The van der Waals surface area contributed by atoms with Gasteiger partial charge in [-0.1, -0.05) is 12.1 Å². The summed E-state index contributed by atoms with van der Waals surface area (Å²) < 4.78 is 0. The summed E-state index contributed by atoms with van der Waals surface area (Å²) in [5.41, 5.74) is 2.58. The Morgan fingerprint density at radius 2 is 2.00 bits per heavy atom. The zero-order valence-electron chi connectivity index (χ0n) is 11.1. The molecular weight excluding hydrogens is 226 g/mol. The summed E-state index contributed by atoms with van der Waals surface area (Å²) in [6, 6.07) is 8.59. The minimum atomic E-state index is 0.0963. The van der Waals surface area contributed by atoms with Crippen LogP contribution >= 0.6 is 0 Å². The maximum absolute atomic E-state index is 11.3. The molecule has 4 heteroatoms. The summed E-state index contributed by atoms with van der Waals surface area (Å²) in [6.45, 7) is 6.49. The number of aryl methyl sites for hydroxylation is 1. The van der Waals surface area contributed by atoms with Gasteiger partial charge in [-0.25, -0.2) is 0 Å². The van der Waals surface area contributed by atoms with Crippen molar-refractivity contribution in [3.8, 4) is 0 Å². The van der Waals surface area contributed by atoms with Crippen molar-refractivity contribution in [1.29, 1.82) is 0 Å². The Labute approximate surface area is 109 Å². The van der Waals surface area contributed by atoms with Gasteiger partial charge in [-0.15, -0.1) is 0 Å². The molecule has 0 atom stereocenters. The van der Waals surface area contributed by atoms with Gasteiger partial charge in [-0.05, 0) is 24.6 Å². The lowest BCUT2D eigenvalue weighted by Gasteiger charge is -2.35. The zero-order valence-corrected chi connectivity index (χ0v) is 11.1. The van der Waals surface area contributed by atoms with Crippen LogP contribution in [-0.2, 0) is 4.79 Å². The smallest absolute Gasteiger partial charge is 0.233 e. The van der Waals surface area contributed by atoms with E-state index in [2.05, 4.69) is 46.3 Å². The van der Waals surface area contributed by atoms with Crippen molar-refractivity contribution in [2.24, 2.45) is 0 Å². The van der Waals surface area contributed by atoms with E-state index in [4.69, 9.17) is 0 Å². The Morgan fingerprint density at radius 3 is 2.61 bits per heavy atom. The maximum atomic E-state index is 11.3. The number of carbonyl (C=O) groups is 1. The lowest BCUT2D eigenvalue weighted by Crippen LogP contribution is -2.49. The van der Waals surface area contributed by atoms with Crippen LogP contribution in [0.25, 0.3) is 0 Å². The Morgan fingerprint density at radius 1 is 1.28 bits per heavy atom. The summed E-state index contributed by atoms with van der Waals surface area (Å²) in [5, 5.41) is 2.67. The summed E-state index contributed by atoms with van der Waals surface area (Å²) in [5.74, 6) is 0.0963. The van der Waals surface area contributed by atoms with Crippen LogP contribution < -0.4 is 10.2 Å². The molecule has 1 amide bonds. The fourth-order valence-electron chi connectivity index (χ4n) is 2.27. The summed E-state index contributed by atoms with van der Waals surface area (Å²) in [4.78, 5) is 15.9. The Balaban J connectivity index is 1.88. The van der Waals surface area contributed by atoms with Crippen LogP contribution in [0.15, 0.2) is 24.3 Å². The maximum Gasteiger partial charge on any atom is 0.233 e. The SMILES string of the molecule is CNC(=O)CN1CCN(c2cccc(C)c2)CC1. The number of nitrogens with one attached hydrogen (secondary N) is 1.